The van der Waals surface area contributed by atoms with Gasteiger partial charge < -0.3 is 15.0 Å². The van der Waals surface area contributed by atoms with E-state index in [2.05, 4.69) is 5.32 Å². The first kappa shape index (κ1) is 34.6. The van der Waals surface area contributed by atoms with Gasteiger partial charge in [-0.15, -0.1) is 11.8 Å². The van der Waals surface area contributed by atoms with Gasteiger partial charge in [-0.1, -0.05) is 48.3 Å². The van der Waals surface area contributed by atoms with Gasteiger partial charge in [-0.2, -0.15) is 0 Å². The summed E-state index contributed by atoms with van der Waals surface area (Å²) in [4.78, 5) is 29.9. The minimum atomic E-state index is -4.25. The predicted octanol–water partition coefficient (Wildman–Crippen LogP) is 6.64. The van der Waals surface area contributed by atoms with Crippen LogP contribution >= 0.6 is 35.0 Å². The zero-order chi connectivity index (χ0) is 31.7. The van der Waals surface area contributed by atoms with E-state index in [1.807, 2.05) is 20.1 Å². The Balaban J connectivity index is 2.13. The molecule has 1 atom stereocenters. The molecule has 0 fully saturated rings. The maximum atomic E-state index is 14.3. The number of hydrogen-bond acceptors (Lipinski definition) is 6. The maximum absolute atomic E-state index is 14.3. The van der Waals surface area contributed by atoms with Gasteiger partial charge in [0.05, 0.1) is 27.2 Å². The minimum Gasteiger partial charge on any atom is -0.492 e. The Labute approximate surface area is 268 Å². The summed E-state index contributed by atoms with van der Waals surface area (Å²) in [6, 6.07) is 17.0. The van der Waals surface area contributed by atoms with E-state index in [-0.39, 0.29) is 35.7 Å². The van der Waals surface area contributed by atoms with Gasteiger partial charge in [-0.25, -0.2) is 8.42 Å². The van der Waals surface area contributed by atoms with Crippen LogP contribution in [-0.2, 0) is 26.2 Å². The normalized spacial score (nSPS) is 12.1. The molecule has 0 bridgehead atoms. The van der Waals surface area contributed by atoms with E-state index in [0.29, 0.717) is 27.8 Å². The summed E-state index contributed by atoms with van der Waals surface area (Å²) < 4.78 is 35.2. The van der Waals surface area contributed by atoms with Crippen LogP contribution in [0.25, 0.3) is 0 Å². The molecule has 0 heterocycles. The molecule has 0 unspecified atom stereocenters. The largest absolute Gasteiger partial charge is 0.492 e. The molecule has 3 aromatic carbocycles. The number of nitrogens with zero attached hydrogens (tertiary/aromatic N) is 2. The zero-order valence-electron chi connectivity index (χ0n) is 24.8. The lowest BCUT2D eigenvalue weighted by Gasteiger charge is -2.34. The zero-order valence-corrected chi connectivity index (χ0v) is 28.0. The van der Waals surface area contributed by atoms with E-state index in [1.54, 1.807) is 68.4 Å². The van der Waals surface area contributed by atoms with Crippen molar-refractivity contribution in [2.24, 2.45) is 0 Å². The van der Waals surface area contributed by atoms with E-state index >= 15 is 0 Å². The molecule has 232 valence electrons. The summed E-state index contributed by atoms with van der Waals surface area (Å²) in [5, 5.41) is 3.53. The molecule has 43 heavy (non-hydrogen) atoms. The molecule has 0 aliphatic heterocycles. The number of benzene rings is 3. The Bertz CT molecular complexity index is 1520. The second-order valence-electron chi connectivity index (χ2n) is 9.95. The molecule has 0 saturated carbocycles. The molecule has 0 radical (unpaired) electrons. The number of carbonyl (C=O) groups is 2. The highest BCUT2D eigenvalue weighted by atomic mass is 35.5. The molecule has 12 heteroatoms. The van der Waals surface area contributed by atoms with Crippen LogP contribution in [0.3, 0.4) is 0 Å². The summed E-state index contributed by atoms with van der Waals surface area (Å²) in [7, 11) is -4.25. The predicted molar refractivity (Wildman–Crippen MR) is 175 cm³/mol. The Kier molecular flexibility index (Phi) is 12.6. The third kappa shape index (κ3) is 8.81. The summed E-state index contributed by atoms with van der Waals surface area (Å²) >= 11 is 13.9. The van der Waals surface area contributed by atoms with Crippen molar-refractivity contribution in [3.05, 3.63) is 82.3 Å². The third-order valence-electron chi connectivity index (χ3n) is 6.51. The van der Waals surface area contributed by atoms with Crippen LogP contribution in [0.1, 0.15) is 39.7 Å². The van der Waals surface area contributed by atoms with Gasteiger partial charge >= 0.3 is 0 Å². The highest BCUT2D eigenvalue weighted by molar-refractivity contribution is 7.98. The van der Waals surface area contributed by atoms with Crippen molar-refractivity contribution in [1.29, 1.82) is 0 Å². The summed E-state index contributed by atoms with van der Waals surface area (Å²) in [5.74, 6) is -0.613. The number of anilines is 1. The maximum Gasteiger partial charge on any atom is 0.264 e. The Morgan fingerprint density at radius 2 is 1.65 bits per heavy atom. The quantitative estimate of drug-likeness (QED) is 0.194. The standard InChI is InChI=1S/C31H37Cl2N3O5S2/c1-6-27(31(38)34-21(3)4)35(19-22-12-17-25(32)26(33)18-22)30(37)20-36(28-10-8-9-11-29(28)41-7-2)43(39,40)24-15-13-23(42-5)14-16-24/h8-18,21,27H,6-7,19-20H2,1-5H3,(H,34,38)/t27-/m1/s1. The SMILES string of the molecule is CCOc1ccccc1N(CC(=O)N(Cc1ccc(Cl)c(Cl)c1)[C@H](CC)C(=O)NC(C)C)S(=O)(=O)c1ccc(SC)cc1. The first-order valence-electron chi connectivity index (χ1n) is 13.8. The van der Waals surface area contributed by atoms with E-state index in [9.17, 15) is 18.0 Å². The van der Waals surface area contributed by atoms with E-state index in [4.69, 9.17) is 27.9 Å². The molecule has 3 aromatic rings. The lowest BCUT2D eigenvalue weighted by Crippen LogP contribution is -2.53. The van der Waals surface area contributed by atoms with Crippen LogP contribution in [0, 0.1) is 0 Å². The van der Waals surface area contributed by atoms with Gasteiger partial charge in [0.1, 0.15) is 18.3 Å². The Morgan fingerprint density at radius 3 is 2.23 bits per heavy atom. The number of para-hydroxylation sites is 2. The fraction of sp³-hybridized carbons (Fsp3) is 0.355. The van der Waals surface area contributed by atoms with Crippen molar-refractivity contribution in [3.8, 4) is 5.75 Å². The van der Waals surface area contributed by atoms with Crippen LogP contribution in [-0.4, -0.2) is 56.6 Å². The molecule has 0 aliphatic rings. The average Bonchev–Trinajstić information content (AvgIpc) is 2.97. The van der Waals surface area contributed by atoms with E-state index < -0.39 is 28.5 Å². The second kappa shape index (κ2) is 15.7. The molecule has 0 aromatic heterocycles. The fourth-order valence-electron chi connectivity index (χ4n) is 4.46. The van der Waals surface area contributed by atoms with Crippen molar-refractivity contribution < 1.29 is 22.7 Å². The van der Waals surface area contributed by atoms with Gasteiger partial charge in [0.15, 0.2) is 0 Å². The molecule has 0 aliphatic carbocycles. The van der Waals surface area contributed by atoms with Crippen molar-refractivity contribution in [1.82, 2.24) is 10.2 Å². The number of thioether (sulfide) groups is 1. The summed E-state index contributed by atoms with van der Waals surface area (Å²) in [6.07, 6.45) is 2.19. The number of halogens is 2. The molecular formula is C31H37Cl2N3O5S2. The smallest absolute Gasteiger partial charge is 0.264 e. The molecular weight excluding hydrogens is 629 g/mol. The van der Waals surface area contributed by atoms with Gasteiger partial charge in [-0.3, -0.25) is 13.9 Å². The van der Waals surface area contributed by atoms with Crippen molar-refractivity contribution in [2.45, 2.75) is 62.5 Å². The third-order valence-corrected chi connectivity index (χ3v) is 9.77. The highest BCUT2D eigenvalue weighted by Crippen LogP contribution is 2.33. The lowest BCUT2D eigenvalue weighted by molar-refractivity contribution is -0.140. The van der Waals surface area contributed by atoms with Crippen LogP contribution < -0.4 is 14.4 Å². The highest BCUT2D eigenvalue weighted by Gasteiger charge is 2.35. The van der Waals surface area contributed by atoms with Crippen molar-refractivity contribution in [2.75, 3.05) is 23.7 Å². The summed E-state index contributed by atoms with van der Waals surface area (Å²) in [5.41, 5.74) is 0.844. The van der Waals surface area contributed by atoms with Gasteiger partial charge in [0, 0.05) is 17.5 Å². The monoisotopic (exact) mass is 665 g/mol. The first-order valence-corrected chi connectivity index (χ1v) is 17.3. The van der Waals surface area contributed by atoms with Crippen LogP contribution in [0.15, 0.2) is 76.5 Å². The van der Waals surface area contributed by atoms with Gasteiger partial charge in [0.2, 0.25) is 11.8 Å². The molecule has 2 amide bonds. The number of nitrogens with one attached hydrogen (secondary N) is 1. The number of rotatable bonds is 14. The van der Waals surface area contributed by atoms with E-state index in [0.717, 1.165) is 9.20 Å². The van der Waals surface area contributed by atoms with Crippen LogP contribution in [0.2, 0.25) is 10.0 Å². The number of amides is 2. The number of carbonyl (C=O) groups excluding carboxylic acids is 2. The molecule has 3 rings (SSSR count). The van der Waals surface area contributed by atoms with Crippen LogP contribution in [0.4, 0.5) is 5.69 Å². The Hall–Kier alpha value is -2.92. The summed E-state index contributed by atoms with van der Waals surface area (Å²) in [6.45, 7) is 6.96. The number of ether oxygens (including phenoxy) is 1. The number of sulfonamides is 1. The molecule has 0 saturated heterocycles. The lowest BCUT2D eigenvalue weighted by atomic mass is 10.1. The topological polar surface area (TPSA) is 96.0 Å². The Morgan fingerprint density at radius 1 is 0.977 bits per heavy atom. The van der Waals surface area contributed by atoms with Gasteiger partial charge in [-0.05, 0) is 87.5 Å². The molecule has 0 spiro atoms. The number of hydrogen-bond donors (Lipinski definition) is 1. The first-order chi connectivity index (χ1) is 20.4. The minimum absolute atomic E-state index is 0.00313. The molecule has 1 N–H and O–H groups in total. The van der Waals surface area contributed by atoms with Gasteiger partial charge in [0.25, 0.3) is 10.0 Å². The average molecular weight is 667 g/mol. The van der Waals surface area contributed by atoms with Crippen molar-refractivity contribution >= 4 is 62.5 Å². The van der Waals surface area contributed by atoms with Crippen LogP contribution in [0.5, 0.6) is 5.75 Å². The van der Waals surface area contributed by atoms with E-state index in [1.165, 1.54) is 28.8 Å². The molecule has 8 nitrogen and oxygen atoms in total. The van der Waals surface area contributed by atoms with Crippen molar-refractivity contribution in [3.63, 3.8) is 0 Å². The fourth-order valence-corrected chi connectivity index (χ4v) is 6.62. The second-order valence-corrected chi connectivity index (χ2v) is 13.5.